The summed E-state index contributed by atoms with van der Waals surface area (Å²) in [6.07, 6.45) is 1.78. The summed E-state index contributed by atoms with van der Waals surface area (Å²) >= 11 is 0. The van der Waals surface area contributed by atoms with Gasteiger partial charge >= 0.3 is 0 Å². The average Bonchev–Trinajstić information content (AvgIpc) is 1.65. The third-order valence-electron chi connectivity index (χ3n) is 0.594. The number of hydrogen-bond donors (Lipinski definition) is 1. The van der Waals surface area contributed by atoms with Crippen molar-refractivity contribution in [1.82, 2.24) is 0 Å². The Morgan fingerprint density at radius 1 is 1.83 bits per heavy atom. The van der Waals surface area contributed by atoms with Crippen molar-refractivity contribution in [2.75, 3.05) is 0 Å². The highest BCUT2D eigenvalue weighted by atomic mass is 15.0. The van der Waals surface area contributed by atoms with E-state index in [1.807, 2.05) is 6.92 Å². The van der Waals surface area contributed by atoms with Crippen molar-refractivity contribution >= 4 is 0 Å². The quantitative estimate of drug-likeness (QED) is 0.471. The molecule has 0 unspecified atom stereocenters. The van der Waals surface area contributed by atoms with Crippen LogP contribution in [-0.4, -0.2) is 0 Å². The second-order valence-electron chi connectivity index (χ2n) is 1.04. The molecule has 0 bridgehead atoms. The van der Waals surface area contributed by atoms with Crippen LogP contribution in [0.1, 0.15) is 13.8 Å². The Hall–Kier alpha value is -0.660. The molecule has 0 radical (unpaired) electrons. The molecule has 0 rings (SSSR count). The minimum atomic E-state index is 0.759. The number of rotatable bonds is 1. The second-order valence-corrected chi connectivity index (χ2v) is 1.04. The highest BCUT2D eigenvalue weighted by Gasteiger charge is 1.69. The monoisotopic (exact) mass is 84.1 g/mol. The van der Waals surface area contributed by atoms with E-state index in [9.17, 15) is 0 Å². The Morgan fingerprint density at radius 3 is 2.33 bits per heavy atom. The van der Waals surface area contributed by atoms with E-state index in [4.69, 9.17) is 5.53 Å². The first-order chi connectivity index (χ1) is 2.81. The maximum atomic E-state index is 6.37. The van der Waals surface area contributed by atoms with E-state index in [1.165, 1.54) is 0 Å². The molecule has 0 aliphatic carbocycles. The molecule has 6 heavy (non-hydrogen) atoms. The van der Waals surface area contributed by atoms with Gasteiger partial charge in [-0.25, -0.2) is 5.53 Å². The molecule has 0 fully saturated rings. The molecule has 0 saturated carbocycles. The summed E-state index contributed by atoms with van der Waals surface area (Å²) in [7, 11) is 0. The second kappa shape index (κ2) is 2.57. The summed E-state index contributed by atoms with van der Waals surface area (Å²) in [4.78, 5) is 0. The summed E-state index contributed by atoms with van der Waals surface area (Å²) in [6.45, 7) is 3.64. The Balaban J connectivity index is 3.50. The molecule has 34 valence electrons. The third kappa shape index (κ3) is 1.64. The van der Waals surface area contributed by atoms with E-state index < -0.39 is 0 Å². The lowest BCUT2D eigenvalue weighted by Crippen LogP contribution is -1.56. The zero-order chi connectivity index (χ0) is 4.99. The van der Waals surface area contributed by atoms with Gasteiger partial charge in [0.1, 0.15) is 0 Å². The molecular formula is C4H8N2. The first-order valence-corrected chi connectivity index (χ1v) is 1.81. The summed E-state index contributed by atoms with van der Waals surface area (Å²) < 4.78 is 0. The van der Waals surface area contributed by atoms with Gasteiger partial charge in [-0.2, -0.15) is 5.11 Å². The van der Waals surface area contributed by atoms with Crippen molar-refractivity contribution in [3.05, 3.63) is 11.8 Å². The van der Waals surface area contributed by atoms with E-state index >= 15 is 0 Å². The molecular weight excluding hydrogens is 76.1 g/mol. The zero-order valence-corrected chi connectivity index (χ0v) is 4.02. The molecule has 0 spiro atoms. The molecule has 0 aliphatic heterocycles. The van der Waals surface area contributed by atoms with Crippen molar-refractivity contribution in [2.45, 2.75) is 13.8 Å². The first kappa shape index (κ1) is 5.34. The highest BCUT2D eigenvalue weighted by molar-refractivity contribution is 4.89. The van der Waals surface area contributed by atoms with E-state index in [-0.39, 0.29) is 0 Å². The molecule has 0 aromatic rings. The summed E-state index contributed by atoms with van der Waals surface area (Å²) in [5.74, 6) is 0. The van der Waals surface area contributed by atoms with Crippen LogP contribution in [-0.2, 0) is 0 Å². The third-order valence-corrected chi connectivity index (χ3v) is 0.594. The number of allylic oxidation sites excluding steroid dienone is 2. The van der Waals surface area contributed by atoms with Crippen molar-refractivity contribution in [2.24, 2.45) is 5.11 Å². The maximum Gasteiger partial charge on any atom is 0.0550 e. The highest BCUT2D eigenvalue weighted by Crippen LogP contribution is 1.88. The van der Waals surface area contributed by atoms with Crippen LogP contribution in [0.15, 0.2) is 16.9 Å². The normalized spacial score (nSPS) is 11.3. The van der Waals surface area contributed by atoms with Gasteiger partial charge in [0.2, 0.25) is 0 Å². The smallest absolute Gasteiger partial charge is 0.0550 e. The van der Waals surface area contributed by atoms with Gasteiger partial charge in [-0.15, -0.1) is 0 Å². The largest absolute Gasteiger partial charge is 0.205 e. The van der Waals surface area contributed by atoms with Crippen LogP contribution in [0.3, 0.4) is 0 Å². The molecule has 0 aromatic carbocycles. The van der Waals surface area contributed by atoms with Crippen LogP contribution >= 0.6 is 0 Å². The summed E-state index contributed by atoms with van der Waals surface area (Å²) in [5, 5.41) is 3.12. The van der Waals surface area contributed by atoms with Gasteiger partial charge in [0.15, 0.2) is 0 Å². The van der Waals surface area contributed by atoms with Crippen molar-refractivity contribution in [3.8, 4) is 0 Å². The molecule has 0 saturated heterocycles. The lowest BCUT2D eigenvalue weighted by atomic mass is 10.5. The Bertz CT molecular complexity index is 73.6. The van der Waals surface area contributed by atoms with Gasteiger partial charge in [0.25, 0.3) is 0 Å². The van der Waals surface area contributed by atoms with Crippen LogP contribution < -0.4 is 0 Å². The van der Waals surface area contributed by atoms with E-state index in [0.717, 1.165) is 5.70 Å². The van der Waals surface area contributed by atoms with Crippen LogP contribution in [0.4, 0.5) is 0 Å². The van der Waals surface area contributed by atoms with Crippen molar-refractivity contribution in [1.29, 1.82) is 5.53 Å². The van der Waals surface area contributed by atoms with Gasteiger partial charge in [0, 0.05) is 0 Å². The van der Waals surface area contributed by atoms with E-state index in [2.05, 4.69) is 5.11 Å². The van der Waals surface area contributed by atoms with Gasteiger partial charge in [-0.05, 0) is 13.8 Å². The first-order valence-electron chi connectivity index (χ1n) is 1.81. The topological polar surface area (TPSA) is 36.2 Å². The predicted octanol–water partition coefficient (Wildman–Crippen LogP) is 1.94. The molecule has 1 N–H and O–H groups in total. The Kier molecular flexibility index (Phi) is 2.29. The molecule has 0 aliphatic rings. The van der Waals surface area contributed by atoms with Gasteiger partial charge < -0.3 is 0 Å². The standard InChI is InChI=1S/C4H8N2/c1-3-4(2)6-5/h3,5H,1-2H3/b4-3+,6-5?. The number of hydrogen-bond acceptors (Lipinski definition) is 2. The van der Waals surface area contributed by atoms with Crippen LogP contribution in [0.25, 0.3) is 0 Å². The average molecular weight is 84.1 g/mol. The predicted molar refractivity (Wildman–Crippen MR) is 24.6 cm³/mol. The zero-order valence-electron chi connectivity index (χ0n) is 4.02. The van der Waals surface area contributed by atoms with Crippen molar-refractivity contribution in [3.63, 3.8) is 0 Å². The fourth-order valence-electron chi connectivity index (χ4n) is 0.0645. The Labute approximate surface area is 37.4 Å². The SMILES string of the molecule is C/C=C(\C)N=N. The van der Waals surface area contributed by atoms with Gasteiger partial charge in [-0.3, -0.25) is 0 Å². The summed E-state index contributed by atoms with van der Waals surface area (Å²) in [5.41, 5.74) is 7.12. The molecule has 2 heteroatoms. The Morgan fingerprint density at radius 2 is 2.33 bits per heavy atom. The van der Waals surface area contributed by atoms with Gasteiger partial charge in [-0.1, -0.05) is 6.08 Å². The minimum Gasteiger partial charge on any atom is -0.205 e. The lowest BCUT2D eigenvalue weighted by molar-refractivity contribution is 1.05. The molecule has 0 heterocycles. The molecule has 0 amide bonds. The maximum absolute atomic E-state index is 6.37. The lowest BCUT2D eigenvalue weighted by Gasteiger charge is -1.76. The van der Waals surface area contributed by atoms with E-state index in [1.54, 1.807) is 13.0 Å². The fraction of sp³-hybridized carbons (Fsp3) is 0.500. The molecule has 0 aromatic heterocycles. The minimum absolute atomic E-state index is 0.759. The molecule has 2 nitrogen and oxygen atoms in total. The number of nitrogens with one attached hydrogen (secondary N) is 1. The van der Waals surface area contributed by atoms with E-state index in [0.29, 0.717) is 0 Å². The molecule has 0 atom stereocenters. The number of nitrogens with zero attached hydrogens (tertiary/aromatic N) is 1. The van der Waals surface area contributed by atoms with Crippen LogP contribution in [0, 0.1) is 5.53 Å². The summed E-state index contributed by atoms with van der Waals surface area (Å²) in [6, 6.07) is 0. The van der Waals surface area contributed by atoms with Crippen LogP contribution in [0.5, 0.6) is 0 Å². The fourth-order valence-corrected chi connectivity index (χ4v) is 0.0645. The van der Waals surface area contributed by atoms with Crippen LogP contribution in [0.2, 0.25) is 0 Å². The van der Waals surface area contributed by atoms with Crippen molar-refractivity contribution < 1.29 is 0 Å². The van der Waals surface area contributed by atoms with Gasteiger partial charge in [0.05, 0.1) is 5.70 Å².